The number of sulfonamides is 1. The fourth-order valence-electron chi connectivity index (χ4n) is 3.15. The van der Waals surface area contributed by atoms with Crippen LogP contribution in [0.5, 0.6) is 5.75 Å². The fraction of sp³-hybridized carbons (Fsp3) is 0.368. The number of benzene rings is 2. The van der Waals surface area contributed by atoms with E-state index in [-0.39, 0.29) is 18.0 Å². The van der Waals surface area contributed by atoms with Crippen molar-refractivity contribution in [3.05, 3.63) is 54.1 Å². The van der Waals surface area contributed by atoms with E-state index in [0.717, 1.165) is 23.6 Å². The monoisotopic (exact) mass is 414 g/mol. The molecule has 9 heteroatoms. The first-order chi connectivity index (χ1) is 13.2. The molecule has 0 aliphatic carbocycles. The van der Waals surface area contributed by atoms with E-state index >= 15 is 0 Å². The average molecular weight is 414 g/mol. The van der Waals surface area contributed by atoms with Gasteiger partial charge in [-0.3, -0.25) is 0 Å². The SMILES string of the molecule is CCOc1ccccc1N1CCN(S(=O)(=O)c2cccc(C(F)(F)F)c2)CC1. The fourth-order valence-corrected chi connectivity index (χ4v) is 4.62. The predicted molar refractivity (Wildman–Crippen MR) is 100 cm³/mol. The van der Waals surface area contributed by atoms with Crippen molar-refractivity contribution in [3.8, 4) is 5.75 Å². The molecule has 2 aromatic carbocycles. The molecule has 0 bridgehead atoms. The van der Waals surface area contributed by atoms with Crippen LogP contribution in [0.1, 0.15) is 12.5 Å². The highest BCUT2D eigenvalue weighted by atomic mass is 32.2. The number of piperazine rings is 1. The summed E-state index contributed by atoms with van der Waals surface area (Å²) in [5, 5.41) is 0. The lowest BCUT2D eigenvalue weighted by Gasteiger charge is -2.36. The summed E-state index contributed by atoms with van der Waals surface area (Å²) in [6.45, 7) is 3.60. The van der Waals surface area contributed by atoms with Gasteiger partial charge in [-0.15, -0.1) is 0 Å². The van der Waals surface area contributed by atoms with E-state index in [4.69, 9.17) is 4.74 Å². The molecule has 0 unspecified atom stereocenters. The Balaban J connectivity index is 1.76. The Morgan fingerprint density at radius 3 is 2.32 bits per heavy atom. The summed E-state index contributed by atoms with van der Waals surface area (Å²) >= 11 is 0. The molecule has 0 N–H and O–H groups in total. The maximum atomic E-state index is 12.9. The van der Waals surface area contributed by atoms with Crippen LogP contribution in [0.25, 0.3) is 0 Å². The van der Waals surface area contributed by atoms with E-state index in [9.17, 15) is 21.6 Å². The summed E-state index contributed by atoms with van der Waals surface area (Å²) in [5.41, 5.74) is -0.0988. The Kier molecular flexibility index (Phi) is 5.85. The number of alkyl halides is 3. The predicted octanol–water partition coefficient (Wildman–Crippen LogP) is 3.62. The van der Waals surface area contributed by atoms with E-state index < -0.39 is 21.8 Å². The van der Waals surface area contributed by atoms with Gasteiger partial charge < -0.3 is 9.64 Å². The molecule has 0 radical (unpaired) electrons. The van der Waals surface area contributed by atoms with E-state index in [1.165, 1.54) is 10.4 Å². The van der Waals surface area contributed by atoms with Gasteiger partial charge in [-0.1, -0.05) is 18.2 Å². The second-order valence-electron chi connectivity index (χ2n) is 6.32. The van der Waals surface area contributed by atoms with Crippen LogP contribution in [0.3, 0.4) is 0 Å². The van der Waals surface area contributed by atoms with Crippen molar-refractivity contribution in [2.24, 2.45) is 0 Å². The molecule has 5 nitrogen and oxygen atoms in total. The summed E-state index contributed by atoms with van der Waals surface area (Å²) in [6, 6.07) is 11.4. The molecule has 1 heterocycles. The molecule has 1 aliphatic heterocycles. The first-order valence-electron chi connectivity index (χ1n) is 8.87. The third-order valence-electron chi connectivity index (χ3n) is 4.54. The van der Waals surface area contributed by atoms with Gasteiger partial charge in [-0.2, -0.15) is 17.5 Å². The molecular formula is C19H21F3N2O3S. The summed E-state index contributed by atoms with van der Waals surface area (Å²) in [7, 11) is -4.00. The Bertz CT molecular complexity index is 924. The third kappa shape index (κ3) is 4.25. The molecule has 3 rings (SSSR count). The minimum atomic E-state index is -4.59. The lowest BCUT2D eigenvalue weighted by molar-refractivity contribution is -0.137. The molecule has 0 atom stereocenters. The molecule has 1 fully saturated rings. The van der Waals surface area contributed by atoms with Crippen LogP contribution < -0.4 is 9.64 Å². The van der Waals surface area contributed by atoms with E-state index in [1.54, 1.807) is 0 Å². The number of hydrogen-bond donors (Lipinski definition) is 0. The zero-order valence-electron chi connectivity index (χ0n) is 15.3. The lowest BCUT2D eigenvalue weighted by atomic mass is 10.2. The average Bonchev–Trinajstić information content (AvgIpc) is 2.68. The zero-order chi connectivity index (χ0) is 20.4. The van der Waals surface area contributed by atoms with E-state index in [0.29, 0.717) is 25.8 Å². The Morgan fingerprint density at radius 2 is 1.68 bits per heavy atom. The smallest absolute Gasteiger partial charge is 0.416 e. The summed E-state index contributed by atoms with van der Waals surface area (Å²) in [6.07, 6.45) is -4.59. The molecule has 152 valence electrons. The van der Waals surface area contributed by atoms with Crippen LogP contribution in [-0.4, -0.2) is 45.5 Å². The van der Waals surface area contributed by atoms with Gasteiger partial charge in [0.15, 0.2) is 0 Å². The minimum absolute atomic E-state index is 0.180. The van der Waals surface area contributed by atoms with Gasteiger partial charge in [0.1, 0.15) is 5.75 Å². The van der Waals surface area contributed by atoms with Gasteiger partial charge in [-0.25, -0.2) is 8.42 Å². The van der Waals surface area contributed by atoms with Crippen LogP contribution in [-0.2, 0) is 16.2 Å². The maximum absolute atomic E-state index is 12.9. The van der Waals surface area contributed by atoms with Crippen molar-refractivity contribution in [1.82, 2.24) is 4.31 Å². The normalized spacial score (nSPS) is 16.2. The second kappa shape index (κ2) is 8.00. The van der Waals surface area contributed by atoms with Crippen molar-refractivity contribution in [2.45, 2.75) is 18.0 Å². The highest BCUT2D eigenvalue weighted by molar-refractivity contribution is 7.89. The molecule has 2 aromatic rings. The minimum Gasteiger partial charge on any atom is -0.492 e. The molecule has 0 aromatic heterocycles. The van der Waals surface area contributed by atoms with Gasteiger partial charge in [-0.05, 0) is 37.3 Å². The number of ether oxygens (including phenoxy) is 1. The molecular weight excluding hydrogens is 393 g/mol. The quantitative estimate of drug-likeness (QED) is 0.750. The topological polar surface area (TPSA) is 49.9 Å². The van der Waals surface area contributed by atoms with Crippen LogP contribution in [0.2, 0.25) is 0 Å². The lowest BCUT2D eigenvalue weighted by Crippen LogP contribution is -2.48. The first-order valence-corrected chi connectivity index (χ1v) is 10.3. The summed E-state index contributed by atoms with van der Waals surface area (Å²) in [5.74, 6) is 0.721. The number of para-hydroxylation sites is 2. The van der Waals surface area contributed by atoms with Gasteiger partial charge in [0, 0.05) is 26.2 Å². The van der Waals surface area contributed by atoms with Gasteiger partial charge in [0.2, 0.25) is 10.0 Å². The molecule has 0 saturated carbocycles. The van der Waals surface area contributed by atoms with Crippen molar-refractivity contribution >= 4 is 15.7 Å². The number of hydrogen-bond acceptors (Lipinski definition) is 4. The Morgan fingerprint density at radius 1 is 1.00 bits per heavy atom. The van der Waals surface area contributed by atoms with Crippen molar-refractivity contribution in [2.75, 3.05) is 37.7 Å². The number of rotatable bonds is 5. The van der Waals surface area contributed by atoms with Crippen molar-refractivity contribution in [1.29, 1.82) is 0 Å². The van der Waals surface area contributed by atoms with Crippen LogP contribution in [0.15, 0.2) is 53.4 Å². The number of nitrogens with zero attached hydrogens (tertiary/aromatic N) is 2. The van der Waals surface area contributed by atoms with Crippen LogP contribution in [0.4, 0.5) is 18.9 Å². The second-order valence-corrected chi connectivity index (χ2v) is 8.26. The summed E-state index contributed by atoms with van der Waals surface area (Å²) in [4.78, 5) is 1.67. The molecule has 1 saturated heterocycles. The van der Waals surface area contributed by atoms with Gasteiger partial charge in [0.05, 0.1) is 22.8 Å². The van der Waals surface area contributed by atoms with Crippen molar-refractivity contribution in [3.63, 3.8) is 0 Å². The van der Waals surface area contributed by atoms with Crippen molar-refractivity contribution < 1.29 is 26.3 Å². The number of anilines is 1. The van der Waals surface area contributed by atoms with E-state index in [2.05, 4.69) is 0 Å². The van der Waals surface area contributed by atoms with Gasteiger partial charge in [0.25, 0.3) is 0 Å². The largest absolute Gasteiger partial charge is 0.492 e. The molecule has 28 heavy (non-hydrogen) atoms. The highest BCUT2D eigenvalue weighted by Crippen LogP contribution is 2.32. The van der Waals surface area contributed by atoms with Crippen LogP contribution >= 0.6 is 0 Å². The third-order valence-corrected chi connectivity index (χ3v) is 6.44. The molecule has 1 aliphatic rings. The van der Waals surface area contributed by atoms with E-state index in [1.807, 2.05) is 36.1 Å². The Hall–Kier alpha value is -2.26. The summed E-state index contributed by atoms with van der Waals surface area (Å²) < 4.78 is 71.2. The zero-order valence-corrected chi connectivity index (χ0v) is 16.1. The first kappa shape index (κ1) is 20.5. The molecule has 0 amide bonds. The highest BCUT2D eigenvalue weighted by Gasteiger charge is 2.34. The van der Waals surface area contributed by atoms with Crippen LogP contribution in [0, 0.1) is 0 Å². The molecule has 0 spiro atoms. The standard InChI is InChI=1S/C19H21F3N2O3S/c1-2-27-18-9-4-3-8-17(18)23-10-12-24(13-11-23)28(25,26)16-7-5-6-15(14-16)19(20,21)22/h3-9,14H,2,10-13H2,1H3. The van der Waals surface area contributed by atoms with Gasteiger partial charge >= 0.3 is 6.18 Å². The Labute approximate surface area is 162 Å². The maximum Gasteiger partial charge on any atom is 0.416 e. The number of halogens is 3.